The minimum Gasteiger partial charge on any atom is -0.480 e. The second-order valence-corrected chi connectivity index (χ2v) is 5.55. The summed E-state index contributed by atoms with van der Waals surface area (Å²) in [6, 6.07) is 3.70. The maximum absolute atomic E-state index is 13.6. The van der Waals surface area contributed by atoms with Crippen LogP contribution in [0.2, 0.25) is 0 Å². The second kappa shape index (κ2) is 6.32. The monoisotopic (exact) mass is 344 g/mol. The van der Waals surface area contributed by atoms with Gasteiger partial charge in [0.1, 0.15) is 11.9 Å². The van der Waals surface area contributed by atoms with Crippen molar-refractivity contribution in [2.24, 2.45) is 0 Å². The molecule has 2 N–H and O–H groups in total. The van der Waals surface area contributed by atoms with Crippen LogP contribution in [0.25, 0.3) is 0 Å². The molecule has 0 unspecified atom stereocenters. The number of carbonyl (C=O) groups excluding carboxylic acids is 1. The first-order chi connectivity index (χ1) is 9.47. The number of halogens is 2. The first kappa shape index (κ1) is 14.9. The standard InChI is InChI=1S/C13H14BrFN2O3/c14-8-3-4-10(9(15)6-8)16-12(18)7-17-5-1-2-11(17)13(19)20/h3-4,6,11H,1-2,5,7H2,(H,16,18)(H,19,20)/t11-/m1/s1. The smallest absolute Gasteiger partial charge is 0.320 e. The van der Waals surface area contributed by atoms with Crippen LogP contribution in [-0.4, -0.2) is 41.0 Å². The predicted molar refractivity (Wildman–Crippen MR) is 75.0 cm³/mol. The van der Waals surface area contributed by atoms with Crippen molar-refractivity contribution in [2.45, 2.75) is 18.9 Å². The number of anilines is 1. The molecule has 0 aromatic heterocycles. The molecule has 7 heteroatoms. The molecule has 1 atom stereocenters. The van der Waals surface area contributed by atoms with Gasteiger partial charge in [-0.1, -0.05) is 15.9 Å². The molecule has 1 aliphatic rings. The number of benzene rings is 1. The lowest BCUT2D eigenvalue weighted by atomic mass is 10.2. The molecule has 20 heavy (non-hydrogen) atoms. The van der Waals surface area contributed by atoms with E-state index >= 15 is 0 Å². The Balaban J connectivity index is 1.97. The largest absolute Gasteiger partial charge is 0.480 e. The number of aliphatic carboxylic acids is 1. The number of nitrogens with zero attached hydrogens (tertiary/aromatic N) is 1. The fourth-order valence-electron chi connectivity index (χ4n) is 2.26. The number of rotatable bonds is 4. The maximum Gasteiger partial charge on any atom is 0.320 e. The van der Waals surface area contributed by atoms with Gasteiger partial charge >= 0.3 is 5.97 Å². The molecule has 1 heterocycles. The van der Waals surface area contributed by atoms with Crippen molar-refractivity contribution < 1.29 is 19.1 Å². The molecule has 108 valence electrons. The van der Waals surface area contributed by atoms with E-state index in [-0.39, 0.29) is 12.2 Å². The third kappa shape index (κ3) is 3.55. The lowest BCUT2D eigenvalue weighted by Gasteiger charge is -2.20. The van der Waals surface area contributed by atoms with Gasteiger partial charge in [-0.25, -0.2) is 4.39 Å². The molecule has 2 rings (SSSR count). The molecule has 1 aromatic carbocycles. The maximum atomic E-state index is 13.6. The molecule has 0 radical (unpaired) electrons. The highest BCUT2D eigenvalue weighted by molar-refractivity contribution is 9.10. The number of carboxylic acid groups (broad SMARTS) is 1. The van der Waals surface area contributed by atoms with Crippen LogP contribution in [0.4, 0.5) is 10.1 Å². The Labute approximate surface area is 123 Å². The summed E-state index contributed by atoms with van der Waals surface area (Å²) in [5.74, 6) is -1.88. The topological polar surface area (TPSA) is 69.6 Å². The summed E-state index contributed by atoms with van der Waals surface area (Å²) < 4.78 is 14.2. The van der Waals surface area contributed by atoms with Gasteiger partial charge in [0.15, 0.2) is 0 Å². The average molecular weight is 345 g/mol. The van der Waals surface area contributed by atoms with Gasteiger partial charge in [0.2, 0.25) is 5.91 Å². The van der Waals surface area contributed by atoms with E-state index in [4.69, 9.17) is 5.11 Å². The third-order valence-electron chi connectivity index (χ3n) is 3.20. The zero-order chi connectivity index (χ0) is 14.7. The number of hydrogen-bond acceptors (Lipinski definition) is 3. The van der Waals surface area contributed by atoms with Crippen LogP contribution in [0.1, 0.15) is 12.8 Å². The van der Waals surface area contributed by atoms with Gasteiger partial charge in [-0.2, -0.15) is 0 Å². The minimum atomic E-state index is -0.926. The van der Waals surface area contributed by atoms with Crippen molar-refractivity contribution in [2.75, 3.05) is 18.4 Å². The molecule has 0 bridgehead atoms. The van der Waals surface area contributed by atoms with E-state index in [0.717, 1.165) is 6.42 Å². The number of carboxylic acids is 1. The van der Waals surface area contributed by atoms with E-state index in [1.165, 1.54) is 12.1 Å². The zero-order valence-electron chi connectivity index (χ0n) is 10.6. The summed E-state index contributed by atoms with van der Waals surface area (Å²) in [6.45, 7) is 0.514. The molecular formula is C13H14BrFN2O3. The fraction of sp³-hybridized carbons (Fsp3) is 0.385. The molecule has 0 saturated carbocycles. The molecule has 1 aromatic rings. The number of likely N-dealkylation sites (tertiary alicyclic amines) is 1. The molecule has 1 fully saturated rings. The van der Waals surface area contributed by atoms with Crippen molar-refractivity contribution >= 4 is 33.5 Å². The van der Waals surface area contributed by atoms with Crippen LogP contribution in [0.3, 0.4) is 0 Å². The molecule has 0 spiro atoms. The number of nitrogens with one attached hydrogen (secondary N) is 1. The van der Waals surface area contributed by atoms with Crippen molar-refractivity contribution in [3.63, 3.8) is 0 Å². The van der Waals surface area contributed by atoms with E-state index in [0.29, 0.717) is 17.4 Å². The Morgan fingerprint density at radius 3 is 2.90 bits per heavy atom. The van der Waals surface area contributed by atoms with E-state index < -0.39 is 23.7 Å². The Hall–Kier alpha value is -1.47. The SMILES string of the molecule is O=C(CN1CCC[C@@H]1C(=O)O)Nc1ccc(Br)cc1F. The summed E-state index contributed by atoms with van der Waals surface area (Å²) in [5.41, 5.74) is 0.0873. The summed E-state index contributed by atoms with van der Waals surface area (Å²) >= 11 is 3.13. The van der Waals surface area contributed by atoms with Crippen molar-refractivity contribution in [3.05, 3.63) is 28.5 Å². The van der Waals surface area contributed by atoms with Crippen LogP contribution < -0.4 is 5.32 Å². The molecule has 5 nitrogen and oxygen atoms in total. The Morgan fingerprint density at radius 2 is 2.25 bits per heavy atom. The van der Waals surface area contributed by atoms with Crippen molar-refractivity contribution in [3.8, 4) is 0 Å². The van der Waals surface area contributed by atoms with Gasteiger partial charge in [-0.15, -0.1) is 0 Å². The lowest BCUT2D eigenvalue weighted by Crippen LogP contribution is -2.41. The van der Waals surface area contributed by atoms with Gasteiger partial charge in [0, 0.05) is 4.47 Å². The van der Waals surface area contributed by atoms with E-state index in [1.807, 2.05) is 0 Å². The highest BCUT2D eigenvalue weighted by Gasteiger charge is 2.31. The quantitative estimate of drug-likeness (QED) is 0.877. The van der Waals surface area contributed by atoms with Gasteiger partial charge in [0.25, 0.3) is 0 Å². The normalized spacial score (nSPS) is 19.0. The zero-order valence-corrected chi connectivity index (χ0v) is 12.2. The predicted octanol–water partition coefficient (Wildman–Crippen LogP) is 2.08. The van der Waals surface area contributed by atoms with Crippen molar-refractivity contribution in [1.82, 2.24) is 4.90 Å². The molecule has 1 amide bonds. The molecular weight excluding hydrogens is 331 g/mol. The Morgan fingerprint density at radius 1 is 1.50 bits per heavy atom. The first-order valence-corrected chi connectivity index (χ1v) is 6.98. The van der Waals surface area contributed by atoms with Crippen LogP contribution in [0.15, 0.2) is 22.7 Å². The van der Waals surface area contributed by atoms with Crippen molar-refractivity contribution in [1.29, 1.82) is 0 Å². The number of amides is 1. The highest BCUT2D eigenvalue weighted by atomic mass is 79.9. The van der Waals surface area contributed by atoms with E-state index in [9.17, 15) is 14.0 Å². The minimum absolute atomic E-state index is 0.0491. The summed E-state index contributed by atoms with van der Waals surface area (Å²) in [4.78, 5) is 24.4. The Bertz CT molecular complexity index is 538. The summed E-state index contributed by atoms with van der Waals surface area (Å²) in [6.07, 6.45) is 1.28. The highest BCUT2D eigenvalue weighted by Crippen LogP contribution is 2.20. The average Bonchev–Trinajstić information content (AvgIpc) is 2.81. The van der Waals surface area contributed by atoms with E-state index in [1.54, 1.807) is 11.0 Å². The molecule has 0 aliphatic carbocycles. The lowest BCUT2D eigenvalue weighted by molar-refractivity contribution is -0.142. The Kier molecular flexibility index (Phi) is 4.72. The van der Waals surface area contributed by atoms with Gasteiger partial charge < -0.3 is 10.4 Å². The van der Waals surface area contributed by atoms with Crippen LogP contribution in [0, 0.1) is 5.82 Å². The number of carbonyl (C=O) groups is 2. The third-order valence-corrected chi connectivity index (χ3v) is 3.69. The van der Waals surface area contributed by atoms with Crippen LogP contribution >= 0.6 is 15.9 Å². The van der Waals surface area contributed by atoms with Gasteiger partial charge in [-0.3, -0.25) is 14.5 Å². The first-order valence-electron chi connectivity index (χ1n) is 6.19. The molecule has 1 saturated heterocycles. The second-order valence-electron chi connectivity index (χ2n) is 4.64. The number of hydrogen-bond donors (Lipinski definition) is 2. The van der Waals surface area contributed by atoms with Gasteiger partial charge in [-0.05, 0) is 37.6 Å². The van der Waals surface area contributed by atoms with Gasteiger partial charge in [0.05, 0.1) is 12.2 Å². The van der Waals surface area contributed by atoms with Crippen LogP contribution in [0.5, 0.6) is 0 Å². The van der Waals surface area contributed by atoms with E-state index in [2.05, 4.69) is 21.2 Å². The molecule has 1 aliphatic heterocycles. The summed E-state index contributed by atoms with van der Waals surface area (Å²) in [7, 11) is 0. The fourth-order valence-corrected chi connectivity index (χ4v) is 2.59. The van der Waals surface area contributed by atoms with Crippen LogP contribution in [-0.2, 0) is 9.59 Å². The summed E-state index contributed by atoms with van der Waals surface area (Å²) in [5, 5.41) is 11.5.